The molecule has 3 heterocycles. The average Bonchev–Trinajstić information content (AvgIpc) is 3.01. The van der Waals surface area contributed by atoms with Gasteiger partial charge in [-0.15, -0.1) is 11.3 Å². The lowest BCUT2D eigenvalue weighted by molar-refractivity contribution is 0.494. The molecule has 1 aliphatic rings. The van der Waals surface area contributed by atoms with E-state index in [1.807, 2.05) is 6.92 Å². The highest BCUT2D eigenvalue weighted by molar-refractivity contribution is 7.15. The van der Waals surface area contributed by atoms with E-state index in [2.05, 4.69) is 33.5 Å². The quantitative estimate of drug-likeness (QED) is 0.923. The second-order valence-electron chi connectivity index (χ2n) is 5.40. The van der Waals surface area contributed by atoms with Crippen LogP contribution in [-0.4, -0.2) is 22.4 Å². The fraction of sp³-hybridized carbons (Fsp3) is 0.538. The molecule has 0 aromatic carbocycles. The fourth-order valence-corrected chi connectivity index (χ4v) is 4.22. The summed E-state index contributed by atoms with van der Waals surface area (Å²) in [7, 11) is 0. The molecule has 1 aliphatic heterocycles. The molecule has 0 spiro atoms. The van der Waals surface area contributed by atoms with Crippen LogP contribution in [-0.2, 0) is 0 Å². The minimum absolute atomic E-state index is 0.613. The van der Waals surface area contributed by atoms with Gasteiger partial charge in [0.25, 0.3) is 0 Å². The standard InChI is InChI=1S/C13H18N4S2/c1-7-4-17(5-8(7)2)13-10(11(14)16-19-13)12-15-9(3)6-18-12/h6-8H,4-5H2,1-3H3,(H2,14,16). The number of hydrogen-bond acceptors (Lipinski definition) is 6. The number of nitrogens with two attached hydrogens (primary N) is 1. The van der Waals surface area contributed by atoms with Crippen LogP contribution in [0.25, 0.3) is 10.6 Å². The molecule has 19 heavy (non-hydrogen) atoms. The van der Waals surface area contributed by atoms with Gasteiger partial charge in [0.15, 0.2) is 0 Å². The van der Waals surface area contributed by atoms with Gasteiger partial charge in [-0.05, 0) is 30.3 Å². The SMILES string of the molecule is Cc1csc(-c2c(N)nsc2N2CC(C)C(C)C2)n1. The van der Waals surface area contributed by atoms with Gasteiger partial charge in [-0.3, -0.25) is 0 Å². The molecule has 1 saturated heterocycles. The first-order valence-corrected chi connectivity index (χ1v) is 8.14. The molecule has 2 aromatic heterocycles. The van der Waals surface area contributed by atoms with Crippen molar-refractivity contribution < 1.29 is 0 Å². The van der Waals surface area contributed by atoms with Crippen molar-refractivity contribution in [2.75, 3.05) is 23.7 Å². The van der Waals surface area contributed by atoms with Gasteiger partial charge >= 0.3 is 0 Å². The number of anilines is 2. The first-order valence-electron chi connectivity index (χ1n) is 6.49. The lowest BCUT2D eigenvalue weighted by Crippen LogP contribution is -2.19. The molecule has 0 saturated carbocycles. The van der Waals surface area contributed by atoms with Crippen LogP contribution in [0.4, 0.5) is 10.8 Å². The Morgan fingerprint density at radius 1 is 1.32 bits per heavy atom. The van der Waals surface area contributed by atoms with Gasteiger partial charge in [-0.1, -0.05) is 13.8 Å². The maximum Gasteiger partial charge on any atom is 0.149 e. The molecule has 0 radical (unpaired) electrons. The van der Waals surface area contributed by atoms with Crippen molar-refractivity contribution in [3.05, 3.63) is 11.1 Å². The molecular formula is C13H18N4S2. The Morgan fingerprint density at radius 3 is 2.58 bits per heavy atom. The van der Waals surface area contributed by atoms with Crippen molar-refractivity contribution in [2.24, 2.45) is 11.8 Å². The van der Waals surface area contributed by atoms with Gasteiger partial charge in [0.1, 0.15) is 15.8 Å². The zero-order valence-corrected chi connectivity index (χ0v) is 13.0. The first kappa shape index (κ1) is 12.9. The molecule has 2 atom stereocenters. The molecule has 2 aromatic rings. The van der Waals surface area contributed by atoms with Gasteiger partial charge in [-0.25, -0.2) is 4.98 Å². The maximum absolute atomic E-state index is 6.06. The molecule has 0 amide bonds. The summed E-state index contributed by atoms with van der Waals surface area (Å²) in [5, 5.41) is 4.24. The highest BCUT2D eigenvalue weighted by atomic mass is 32.1. The van der Waals surface area contributed by atoms with Crippen LogP contribution in [0.5, 0.6) is 0 Å². The minimum Gasteiger partial charge on any atom is -0.382 e. The Bertz CT molecular complexity index is 579. The molecule has 3 rings (SSSR count). The van der Waals surface area contributed by atoms with Crippen molar-refractivity contribution >= 4 is 33.7 Å². The molecular weight excluding hydrogens is 276 g/mol. The summed E-state index contributed by atoms with van der Waals surface area (Å²) in [5.74, 6) is 2.05. The summed E-state index contributed by atoms with van der Waals surface area (Å²) in [6, 6.07) is 0. The molecule has 1 fully saturated rings. The van der Waals surface area contributed by atoms with Crippen molar-refractivity contribution in [1.29, 1.82) is 0 Å². The summed E-state index contributed by atoms with van der Waals surface area (Å²) < 4.78 is 4.34. The number of aromatic nitrogens is 2. The Balaban J connectivity index is 2.00. The highest BCUT2D eigenvalue weighted by Crippen LogP contribution is 2.42. The van der Waals surface area contributed by atoms with Crippen LogP contribution >= 0.6 is 22.9 Å². The zero-order valence-electron chi connectivity index (χ0n) is 11.4. The Hall–Kier alpha value is -1.14. The van der Waals surface area contributed by atoms with Crippen LogP contribution < -0.4 is 10.6 Å². The van der Waals surface area contributed by atoms with E-state index in [-0.39, 0.29) is 0 Å². The number of hydrogen-bond donors (Lipinski definition) is 1. The second kappa shape index (κ2) is 4.76. The monoisotopic (exact) mass is 294 g/mol. The molecule has 102 valence electrons. The molecule has 0 aliphatic carbocycles. The summed E-state index contributed by atoms with van der Waals surface area (Å²) in [6.07, 6.45) is 0. The summed E-state index contributed by atoms with van der Waals surface area (Å²) in [5.41, 5.74) is 8.13. The number of rotatable bonds is 2. The van der Waals surface area contributed by atoms with Crippen LogP contribution in [0.3, 0.4) is 0 Å². The van der Waals surface area contributed by atoms with E-state index in [0.717, 1.165) is 29.4 Å². The van der Waals surface area contributed by atoms with Crippen LogP contribution in [0.1, 0.15) is 19.5 Å². The van der Waals surface area contributed by atoms with Crippen LogP contribution in [0, 0.1) is 18.8 Å². The van der Waals surface area contributed by atoms with Crippen molar-refractivity contribution in [1.82, 2.24) is 9.36 Å². The third-order valence-corrected chi connectivity index (χ3v) is 5.71. The van der Waals surface area contributed by atoms with Gasteiger partial charge in [0, 0.05) is 24.2 Å². The van der Waals surface area contributed by atoms with E-state index >= 15 is 0 Å². The maximum atomic E-state index is 6.06. The minimum atomic E-state index is 0.613. The van der Waals surface area contributed by atoms with E-state index in [4.69, 9.17) is 5.73 Å². The predicted octanol–water partition coefficient (Wildman–Crippen LogP) is 3.25. The highest BCUT2D eigenvalue weighted by Gasteiger charge is 2.30. The van der Waals surface area contributed by atoms with E-state index in [9.17, 15) is 0 Å². The van der Waals surface area contributed by atoms with E-state index in [1.54, 1.807) is 11.3 Å². The van der Waals surface area contributed by atoms with Gasteiger partial charge < -0.3 is 10.6 Å². The average molecular weight is 294 g/mol. The van der Waals surface area contributed by atoms with Gasteiger partial charge in [0.2, 0.25) is 0 Å². The van der Waals surface area contributed by atoms with Gasteiger partial charge in [-0.2, -0.15) is 4.37 Å². The lowest BCUT2D eigenvalue weighted by atomic mass is 10.0. The number of nitrogen functional groups attached to an aromatic ring is 1. The molecule has 4 nitrogen and oxygen atoms in total. The number of nitrogens with zero attached hydrogens (tertiary/aromatic N) is 3. The summed E-state index contributed by atoms with van der Waals surface area (Å²) in [6.45, 7) is 8.79. The van der Waals surface area contributed by atoms with E-state index in [1.165, 1.54) is 16.5 Å². The number of thiazole rings is 1. The normalized spacial score (nSPS) is 23.2. The fourth-order valence-electron chi connectivity index (χ4n) is 2.47. The predicted molar refractivity (Wildman–Crippen MR) is 82.9 cm³/mol. The molecule has 0 bridgehead atoms. The molecule has 2 unspecified atom stereocenters. The van der Waals surface area contributed by atoms with Crippen molar-refractivity contribution in [3.8, 4) is 10.6 Å². The Labute approximate surface area is 121 Å². The zero-order chi connectivity index (χ0) is 13.6. The first-order chi connectivity index (χ1) is 9.06. The smallest absolute Gasteiger partial charge is 0.149 e. The molecule has 2 N–H and O–H groups in total. The summed E-state index contributed by atoms with van der Waals surface area (Å²) in [4.78, 5) is 6.97. The Morgan fingerprint density at radius 2 is 2.00 bits per heavy atom. The topological polar surface area (TPSA) is 55.0 Å². The largest absolute Gasteiger partial charge is 0.382 e. The molecule has 6 heteroatoms. The van der Waals surface area contributed by atoms with Crippen molar-refractivity contribution in [3.63, 3.8) is 0 Å². The summed E-state index contributed by atoms with van der Waals surface area (Å²) >= 11 is 3.14. The third kappa shape index (κ3) is 2.23. The van der Waals surface area contributed by atoms with Crippen molar-refractivity contribution in [2.45, 2.75) is 20.8 Å². The third-order valence-electron chi connectivity index (χ3n) is 3.81. The van der Waals surface area contributed by atoms with Crippen LogP contribution in [0.2, 0.25) is 0 Å². The van der Waals surface area contributed by atoms with E-state index < -0.39 is 0 Å². The number of aryl methyl sites for hydroxylation is 1. The Kier molecular flexibility index (Phi) is 3.22. The van der Waals surface area contributed by atoms with E-state index in [0.29, 0.717) is 17.7 Å². The second-order valence-corrected chi connectivity index (χ2v) is 7.01. The lowest BCUT2D eigenvalue weighted by Gasteiger charge is -2.16. The van der Waals surface area contributed by atoms with Gasteiger partial charge in [0.05, 0.1) is 5.56 Å². The van der Waals surface area contributed by atoms with Crippen LogP contribution in [0.15, 0.2) is 5.38 Å².